The molecule has 0 N–H and O–H groups in total. The van der Waals surface area contributed by atoms with Crippen LogP contribution in [0.5, 0.6) is 0 Å². The van der Waals surface area contributed by atoms with Crippen LogP contribution in [0.3, 0.4) is 0 Å². The van der Waals surface area contributed by atoms with E-state index >= 15 is 0 Å². The first-order chi connectivity index (χ1) is 7.59. The average molecular weight is 235 g/mol. The summed E-state index contributed by atoms with van der Waals surface area (Å²) in [5.41, 5.74) is 1.82. The summed E-state index contributed by atoms with van der Waals surface area (Å²) < 4.78 is 1.62. The number of hydrogen-bond donors (Lipinski definition) is 0. The fourth-order valence-electron chi connectivity index (χ4n) is 1.61. The molecule has 16 heavy (non-hydrogen) atoms. The maximum atomic E-state index is 12.2. The van der Waals surface area contributed by atoms with Gasteiger partial charge in [0.1, 0.15) is 0 Å². The highest BCUT2D eigenvalue weighted by Gasteiger charge is 2.16. The molecule has 82 valence electrons. The molecule has 0 spiro atoms. The summed E-state index contributed by atoms with van der Waals surface area (Å²) in [7, 11) is 1.79. The molecule has 1 aromatic carbocycles. The summed E-state index contributed by atoms with van der Waals surface area (Å²) in [4.78, 5) is 12.2. The lowest BCUT2D eigenvalue weighted by atomic mass is 10.0. The summed E-state index contributed by atoms with van der Waals surface area (Å²) in [6.07, 6.45) is 1.71. The topological polar surface area (TPSA) is 34.9 Å². The zero-order valence-corrected chi connectivity index (χ0v) is 9.82. The molecule has 1 heterocycles. The molecule has 3 nitrogen and oxygen atoms in total. The van der Waals surface area contributed by atoms with Crippen molar-refractivity contribution in [3.63, 3.8) is 0 Å². The summed E-state index contributed by atoms with van der Waals surface area (Å²) in [5.74, 6) is -0.0869. The Morgan fingerprint density at radius 1 is 1.31 bits per heavy atom. The molecular weight excluding hydrogens is 224 g/mol. The Bertz CT molecular complexity index is 546. The molecule has 2 aromatic rings. The van der Waals surface area contributed by atoms with Gasteiger partial charge in [-0.3, -0.25) is 9.48 Å². The monoisotopic (exact) mass is 234 g/mol. The predicted molar refractivity (Wildman–Crippen MR) is 62.8 cm³/mol. The van der Waals surface area contributed by atoms with Crippen LogP contribution in [0.15, 0.2) is 30.5 Å². The van der Waals surface area contributed by atoms with Crippen molar-refractivity contribution in [3.8, 4) is 0 Å². The van der Waals surface area contributed by atoms with Gasteiger partial charge >= 0.3 is 0 Å². The molecule has 0 aliphatic heterocycles. The maximum absolute atomic E-state index is 12.2. The number of rotatable bonds is 2. The van der Waals surface area contributed by atoms with E-state index in [9.17, 15) is 4.79 Å². The minimum absolute atomic E-state index is 0.0869. The van der Waals surface area contributed by atoms with Crippen molar-refractivity contribution in [1.82, 2.24) is 9.78 Å². The molecule has 1 aromatic heterocycles. The van der Waals surface area contributed by atoms with Gasteiger partial charge in [0.25, 0.3) is 0 Å². The smallest absolute Gasteiger partial charge is 0.197 e. The molecule has 4 heteroatoms. The Morgan fingerprint density at radius 2 is 2.00 bits per heavy atom. The van der Waals surface area contributed by atoms with Gasteiger partial charge in [-0.15, -0.1) is 0 Å². The molecule has 0 atom stereocenters. The van der Waals surface area contributed by atoms with Crippen molar-refractivity contribution in [2.24, 2.45) is 7.05 Å². The predicted octanol–water partition coefficient (Wildman–Crippen LogP) is 2.61. The van der Waals surface area contributed by atoms with Crippen molar-refractivity contribution < 1.29 is 4.79 Å². The highest BCUT2D eigenvalue weighted by Crippen LogP contribution is 2.20. The lowest BCUT2D eigenvalue weighted by molar-refractivity contribution is 0.103. The van der Waals surface area contributed by atoms with E-state index in [2.05, 4.69) is 5.10 Å². The lowest BCUT2D eigenvalue weighted by Crippen LogP contribution is -2.02. The van der Waals surface area contributed by atoms with E-state index in [0.29, 0.717) is 21.8 Å². The van der Waals surface area contributed by atoms with Gasteiger partial charge in [-0.05, 0) is 19.1 Å². The molecule has 0 aliphatic rings. The van der Waals surface area contributed by atoms with Crippen LogP contribution in [0.2, 0.25) is 5.02 Å². The van der Waals surface area contributed by atoms with Crippen LogP contribution >= 0.6 is 11.6 Å². The molecule has 0 aliphatic carbocycles. The molecule has 0 amide bonds. The van der Waals surface area contributed by atoms with Crippen LogP contribution in [-0.2, 0) is 7.05 Å². The van der Waals surface area contributed by atoms with E-state index in [1.165, 1.54) is 0 Å². The third-order valence-electron chi connectivity index (χ3n) is 2.38. The Hall–Kier alpha value is -1.61. The fraction of sp³-hybridized carbons (Fsp3) is 0.167. The SMILES string of the molecule is Cc1nn(C)cc1C(=O)c1ccccc1Cl. The normalized spacial score (nSPS) is 10.4. The average Bonchev–Trinajstić information content (AvgIpc) is 2.58. The number of nitrogens with zero attached hydrogens (tertiary/aromatic N) is 2. The van der Waals surface area contributed by atoms with Gasteiger partial charge in [0.15, 0.2) is 5.78 Å². The van der Waals surface area contributed by atoms with Gasteiger partial charge < -0.3 is 0 Å². The Morgan fingerprint density at radius 3 is 2.56 bits per heavy atom. The second-order valence-electron chi connectivity index (χ2n) is 3.61. The maximum Gasteiger partial charge on any atom is 0.197 e. The zero-order chi connectivity index (χ0) is 11.7. The minimum atomic E-state index is -0.0869. The second-order valence-corrected chi connectivity index (χ2v) is 4.02. The third kappa shape index (κ3) is 1.86. The Balaban J connectivity index is 2.47. The number of aryl methyl sites for hydroxylation is 2. The van der Waals surface area contributed by atoms with Gasteiger partial charge in [0.05, 0.1) is 16.3 Å². The molecule has 0 unspecified atom stereocenters. The van der Waals surface area contributed by atoms with E-state index in [4.69, 9.17) is 11.6 Å². The van der Waals surface area contributed by atoms with Crippen LogP contribution in [0, 0.1) is 6.92 Å². The molecule has 0 saturated carbocycles. The summed E-state index contributed by atoms with van der Waals surface area (Å²) in [6.45, 7) is 1.81. The molecule has 0 fully saturated rings. The Labute approximate surface area is 98.7 Å². The van der Waals surface area contributed by atoms with Crippen molar-refractivity contribution in [3.05, 3.63) is 52.3 Å². The zero-order valence-electron chi connectivity index (χ0n) is 9.07. The second kappa shape index (κ2) is 4.10. The van der Waals surface area contributed by atoms with Crippen LogP contribution in [0.1, 0.15) is 21.6 Å². The minimum Gasteiger partial charge on any atom is -0.288 e. The number of hydrogen-bond acceptors (Lipinski definition) is 2. The highest BCUT2D eigenvalue weighted by atomic mass is 35.5. The van der Waals surface area contributed by atoms with Crippen LogP contribution in [-0.4, -0.2) is 15.6 Å². The largest absolute Gasteiger partial charge is 0.288 e. The van der Waals surface area contributed by atoms with Crippen LogP contribution in [0.25, 0.3) is 0 Å². The first-order valence-electron chi connectivity index (χ1n) is 4.89. The summed E-state index contributed by atoms with van der Waals surface area (Å²) in [5, 5.41) is 4.61. The molecule has 0 radical (unpaired) electrons. The van der Waals surface area contributed by atoms with Gasteiger partial charge in [-0.25, -0.2) is 0 Å². The number of halogens is 1. The van der Waals surface area contributed by atoms with Crippen molar-refractivity contribution >= 4 is 17.4 Å². The molecule has 2 rings (SSSR count). The third-order valence-corrected chi connectivity index (χ3v) is 2.71. The van der Waals surface area contributed by atoms with Crippen molar-refractivity contribution in [2.75, 3.05) is 0 Å². The number of carbonyl (C=O) groups is 1. The quantitative estimate of drug-likeness (QED) is 0.749. The number of carbonyl (C=O) groups excluding carboxylic acids is 1. The molecule has 0 bridgehead atoms. The van der Waals surface area contributed by atoms with E-state index < -0.39 is 0 Å². The first kappa shape index (κ1) is 10.9. The summed E-state index contributed by atoms with van der Waals surface area (Å²) in [6, 6.07) is 7.03. The molecule has 0 saturated heterocycles. The van der Waals surface area contributed by atoms with Gasteiger partial charge in [0.2, 0.25) is 0 Å². The Kier molecular flexibility index (Phi) is 2.79. The van der Waals surface area contributed by atoms with Crippen molar-refractivity contribution in [1.29, 1.82) is 0 Å². The summed E-state index contributed by atoms with van der Waals surface area (Å²) >= 11 is 5.98. The standard InChI is InChI=1S/C12H11ClN2O/c1-8-10(7-15(2)14-8)12(16)9-5-3-4-6-11(9)13/h3-7H,1-2H3. The van der Waals surface area contributed by atoms with Gasteiger partial charge in [-0.2, -0.15) is 5.10 Å². The molecular formula is C12H11ClN2O. The van der Waals surface area contributed by atoms with Gasteiger partial charge in [-0.1, -0.05) is 23.7 Å². The number of aromatic nitrogens is 2. The highest BCUT2D eigenvalue weighted by molar-refractivity contribution is 6.35. The van der Waals surface area contributed by atoms with E-state index in [1.807, 2.05) is 6.92 Å². The van der Waals surface area contributed by atoms with Crippen molar-refractivity contribution in [2.45, 2.75) is 6.92 Å². The first-order valence-corrected chi connectivity index (χ1v) is 5.27. The van der Waals surface area contributed by atoms with Gasteiger partial charge in [0, 0.05) is 18.8 Å². The fourth-order valence-corrected chi connectivity index (χ4v) is 1.83. The van der Waals surface area contributed by atoms with E-state index in [1.54, 1.807) is 42.2 Å². The lowest BCUT2D eigenvalue weighted by Gasteiger charge is -2.01. The van der Waals surface area contributed by atoms with E-state index in [-0.39, 0.29) is 5.78 Å². The number of benzene rings is 1. The van der Waals surface area contributed by atoms with Crippen LogP contribution < -0.4 is 0 Å². The van der Waals surface area contributed by atoms with Crippen LogP contribution in [0.4, 0.5) is 0 Å². The van der Waals surface area contributed by atoms with E-state index in [0.717, 1.165) is 0 Å². The number of ketones is 1.